The van der Waals surface area contributed by atoms with Gasteiger partial charge in [-0.25, -0.2) is 0 Å². The van der Waals surface area contributed by atoms with E-state index in [1.54, 1.807) is 7.11 Å². The van der Waals surface area contributed by atoms with Gasteiger partial charge in [-0.15, -0.1) is 0 Å². The van der Waals surface area contributed by atoms with Crippen molar-refractivity contribution in [3.8, 4) is 5.75 Å². The fraction of sp³-hybridized carbons (Fsp3) is 0.684. The van der Waals surface area contributed by atoms with Crippen molar-refractivity contribution in [2.45, 2.75) is 59.4 Å². The number of benzene rings is 1. The van der Waals surface area contributed by atoms with Crippen LogP contribution in [0, 0.1) is 11.3 Å². The van der Waals surface area contributed by atoms with Gasteiger partial charge in [0.1, 0.15) is 5.75 Å². The van der Waals surface area contributed by atoms with Gasteiger partial charge in [0.25, 0.3) is 0 Å². The topological polar surface area (TPSA) is 27.7 Å². The predicted octanol–water partition coefficient (Wildman–Crippen LogP) is 4.44. The number of hydrogen-bond acceptors (Lipinski definition) is 3. The minimum absolute atomic E-state index is 0.0633. The molecule has 2 atom stereocenters. The first-order valence-corrected chi connectivity index (χ1v) is 8.20. The zero-order valence-corrected chi connectivity index (χ0v) is 14.8. The Labute approximate surface area is 135 Å². The van der Waals surface area contributed by atoms with Crippen LogP contribution in [0.1, 0.15) is 46.6 Å². The summed E-state index contributed by atoms with van der Waals surface area (Å²) in [4.78, 5) is 0. The van der Waals surface area contributed by atoms with Crippen molar-refractivity contribution in [3.63, 3.8) is 0 Å². The summed E-state index contributed by atoms with van der Waals surface area (Å²) in [5, 5.41) is 0. The Bertz CT molecular complexity index is 478. The van der Waals surface area contributed by atoms with Crippen LogP contribution in [0.4, 0.5) is 0 Å². The van der Waals surface area contributed by atoms with Crippen LogP contribution in [-0.4, -0.2) is 25.6 Å². The van der Waals surface area contributed by atoms with Crippen molar-refractivity contribution in [2.75, 3.05) is 13.7 Å². The second kappa shape index (κ2) is 6.59. The van der Waals surface area contributed by atoms with E-state index < -0.39 is 5.79 Å². The fourth-order valence-corrected chi connectivity index (χ4v) is 3.22. The molecule has 124 valence electrons. The molecular weight excluding hydrogens is 276 g/mol. The second-order valence-corrected chi connectivity index (χ2v) is 7.54. The van der Waals surface area contributed by atoms with Crippen LogP contribution < -0.4 is 4.74 Å². The Morgan fingerprint density at radius 1 is 1.18 bits per heavy atom. The lowest BCUT2D eigenvalue weighted by Crippen LogP contribution is -2.53. The van der Waals surface area contributed by atoms with Crippen molar-refractivity contribution in [1.82, 2.24) is 0 Å². The lowest BCUT2D eigenvalue weighted by atomic mass is 9.80. The van der Waals surface area contributed by atoms with Crippen molar-refractivity contribution in [1.29, 1.82) is 0 Å². The molecule has 2 rings (SSSR count). The highest BCUT2D eigenvalue weighted by atomic mass is 16.7. The van der Waals surface area contributed by atoms with Crippen LogP contribution in [0.25, 0.3) is 0 Å². The molecule has 1 aliphatic heterocycles. The lowest BCUT2D eigenvalue weighted by Gasteiger charge is -2.49. The van der Waals surface area contributed by atoms with Gasteiger partial charge in [0, 0.05) is 11.8 Å². The minimum atomic E-state index is -0.496. The van der Waals surface area contributed by atoms with Crippen LogP contribution in [0.15, 0.2) is 24.3 Å². The molecule has 1 aliphatic rings. The fourth-order valence-electron chi connectivity index (χ4n) is 3.22. The molecule has 0 radical (unpaired) electrons. The Morgan fingerprint density at radius 3 is 2.36 bits per heavy atom. The van der Waals surface area contributed by atoms with Crippen molar-refractivity contribution in [2.24, 2.45) is 11.3 Å². The van der Waals surface area contributed by atoms with E-state index in [1.807, 2.05) is 12.1 Å². The van der Waals surface area contributed by atoms with Gasteiger partial charge in [0.05, 0.1) is 19.8 Å². The van der Waals surface area contributed by atoms with E-state index in [4.69, 9.17) is 14.2 Å². The van der Waals surface area contributed by atoms with Crippen LogP contribution in [0.5, 0.6) is 5.75 Å². The van der Waals surface area contributed by atoms with E-state index >= 15 is 0 Å². The van der Waals surface area contributed by atoms with Crippen LogP contribution >= 0.6 is 0 Å². The van der Waals surface area contributed by atoms with Crippen molar-refractivity contribution in [3.05, 3.63) is 29.8 Å². The summed E-state index contributed by atoms with van der Waals surface area (Å²) in [6, 6.07) is 8.21. The van der Waals surface area contributed by atoms with E-state index in [1.165, 1.54) is 5.56 Å². The molecule has 0 aliphatic carbocycles. The molecule has 1 heterocycles. The van der Waals surface area contributed by atoms with Gasteiger partial charge in [-0.05, 0) is 37.0 Å². The van der Waals surface area contributed by atoms with E-state index in [2.05, 4.69) is 46.8 Å². The van der Waals surface area contributed by atoms with Crippen LogP contribution in [0.2, 0.25) is 0 Å². The molecule has 22 heavy (non-hydrogen) atoms. The largest absolute Gasteiger partial charge is 0.497 e. The van der Waals surface area contributed by atoms with Crippen molar-refractivity contribution >= 4 is 0 Å². The number of methoxy groups -OCH3 is 1. The average molecular weight is 306 g/mol. The molecule has 0 unspecified atom stereocenters. The molecule has 0 spiro atoms. The van der Waals surface area contributed by atoms with E-state index in [9.17, 15) is 0 Å². The third-order valence-electron chi connectivity index (χ3n) is 4.53. The van der Waals surface area contributed by atoms with Crippen LogP contribution in [0.3, 0.4) is 0 Å². The molecule has 1 fully saturated rings. The monoisotopic (exact) mass is 306 g/mol. The SMILES string of the molecule is COc1ccc(CC[C@]2(C)OCC(C)(C)[C@@H](C(C)C)O2)cc1. The zero-order valence-electron chi connectivity index (χ0n) is 14.8. The molecule has 0 N–H and O–H groups in total. The number of aryl methyl sites for hydroxylation is 1. The Balaban J connectivity index is 1.99. The standard InChI is InChI=1S/C19H30O3/c1-14(2)17-18(3,4)13-21-19(5,22-17)12-11-15-7-9-16(20-6)10-8-15/h7-10,14,17H,11-13H2,1-6H3/t17-,19-/m1/s1. The Kier molecular flexibility index (Phi) is 5.18. The minimum Gasteiger partial charge on any atom is -0.497 e. The second-order valence-electron chi connectivity index (χ2n) is 7.54. The summed E-state index contributed by atoms with van der Waals surface area (Å²) in [6.07, 6.45) is 2.02. The molecule has 3 nitrogen and oxygen atoms in total. The molecule has 0 amide bonds. The van der Waals surface area contributed by atoms with Gasteiger partial charge < -0.3 is 14.2 Å². The number of hydrogen-bond donors (Lipinski definition) is 0. The maximum absolute atomic E-state index is 6.37. The quantitative estimate of drug-likeness (QED) is 0.805. The summed E-state index contributed by atoms with van der Waals surface area (Å²) in [7, 11) is 1.69. The molecule has 1 aromatic carbocycles. The van der Waals surface area contributed by atoms with E-state index in [0.29, 0.717) is 5.92 Å². The lowest BCUT2D eigenvalue weighted by molar-refractivity contribution is -0.330. The molecular formula is C19H30O3. The summed E-state index contributed by atoms with van der Waals surface area (Å²) in [5.41, 5.74) is 1.34. The van der Waals surface area contributed by atoms with Gasteiger partial charge in [0.15, 0.2) is 5.79 Å². The van der Waals surface area contributed by atoms with E-state index in [0.717, 1.165) is 25.2 Å². The summed E-state index contributed by atoms with van der Waals surface area (Å²) < 4.78 is 17.6. The first-order valence-electron chi connectivity index (χ1n) is 8.20. The van der Waals surface area contributed by atoms with Gasteiger partial charge in [-0.3, -0.25) is 0 Å². The van der Waals surface area contributed by atoms with E-state index in [-0.39, 0.29) is 11.5 Å². The van der Waals surface area contributed by atoms with Gasteiger partial charge in [0.2, 0.25) is 0 Å². The average Bonchev–Trinajstić information content (AvgIpc) is 2.48. The first-order chi connectivity index (χ1) is 10.3. The molecule has 3 heteroatoms. The number of ether oxygens (including phenoxy) is 3. The van der Waals surface area contributed by atoms with Gasteiger partial charge in [-0.1, -0.05) is 39.8 Å². The highest BCUT2D eigenvalue weighted by molar-refractivity contribution is 5.27. The highest BCUT2D eigenvalue weighted by Gasteiger charge is 2.44. The predicted molar refractivity (Wildman–Crippen MR) is 89.2 cm³/mol. The molecule has 0 bridgehead atoms. The smallest absolute Gasteiger partial charge is 0.166 e. The number of rotatable bonds is 5. The first kappa shape index (κ1) is 17.3. The third kappa shape index (κ3) is 4.02. The molecule has 0 aromatic heterocycles. The normalized spacial score (nSPS) is 27.9. The van der Waals surface area contributed by atoms with Gasteiger partial charge >= 0.3 is 0 Å². The van der Waals surface area contributed by atoms with Crippen molar-refractivity contribution < 1.29 is 14.2 Å². The molecule has 0 saturated carbocycles. The summed E-state index contributed by atoms with van der Waals surface area (Å²) >= 11 is 0. The summed E-state index contributed by atoms with van der Waals surface area (Å²) in [5.74, 6) is 0.880. The van der Waals surface area contributed by atoms with Gasteiger partial charge in [-0.2, -0.15) is 0 Å². The Hall–Kier alpha value is -1.06. The molecule has 1 saturated heterocycles. The zero-order chi connectivity index (χ0) is 16.4. The maximum atomic E-state index is 6.37. The van der Waals surface area contributed by atoms with Crippen LogP contribution in [-0.2, 0) is 15.9 Å². The Morgan fingerprint density at radius 2 is 1.82 bits per heavy atom. The highest BCUT2D eigenvalue weighted by Crippen LogP contribution is 2.40. The third-order valence-corrected chi connectivity index (χ3v) is 4.53. The maximum Gasteiger partial charge on any atom is 0.166 e. The summed E-state index contributed by atoms with van der Waals surface area (Å²) in [6.45, 7) is 11.7. The molecule has 1 aromatic rings.